The van der Waals surface area contributed by atoms with Gasteiger partial charge in [-0.1, -0.05) is 26.0 Å². The lowest BCUT2D eigenvalue weighted by Crippen LogP contribution is -2.18. The van der Waals surface area contributed by atoms with Crippen molar-refractivity contribution in [2.75, 3.05) is 7.05 Å². The molecule has 1 aromatic rings. The maximum Gasteiger partial charge on any atom is 0.257 e. The summed E-state index contributed by atoms with van der Waals surface area (Å²) in [5.41, 5.74) is 1.34. The fourth-order valence-corrected chi connectivity index (χ4v) is 1.57. The molecular weight excluding hydrogens is 250 g/mol. The molecule has 0 spiro atoms. The van der Waals surface area contributed by atoms with E-state index in [0.29, 0.717) is 10.5 Å². The molecule has 0 atom stereocenters. The topological polar surface area (TPSA) is 66.4 Å². The molecule has 0 heterocycles. The zero-order valence-electron chi connectivity index (χ0n) is 10.6. The summed E-state index contributed by atoms with van der Waals surface area (Å²) in [5, 5.41) is 11.5. The van der Waals surface area contributed by atoms with Crippen molar-refractivity contribution in [3.63, 3.8) is 0 Å². The Balaban J connectivity index is 0.00000137. The van der Waals surface area contributed by atoms with Crippen LogP contribution in [0.2, 0.25) is 0 Å². The summed E-state index contributed by atoms with van der Waals surface area (Å²) in [6.07, 6.45) is 1.58. The Kier molecular flexibility index (Phi) is 8.39. The van der Waals surface area contributed by atoms with Gasteiger partial charge in [0.05, 0.1) is 4.91 Å². The van der Waals surface area contributed by atoms with Gasteiger partial charge in [-0.05, 0) is 35.5 Å². The van der Waals surface area contributed by atoms with Gasteiger partial charge in [0.2, 0.25) is 0 Å². The normalized spacial score (nSPS) is 10.1. The zero-order chi connectivity index (χ0) is 14.0. The highest BCUT2D eigenvalue weighted by Crippen LogP contribution is 2.18. The summed E-state index contributed by atoms with van der Waals surface area (Å²) < 4.78 is 0. The average Bonchev–Trinajstić information content (AvgIpc) is 2.42. The zero-order valence-corrected chi connectivity index (χ0v) is 11.5. The Hall–Kier alpha value is -1.75. The van der Waals surface area contributed by atoms with Crippen LogP contribution >= 0.6 is 11.8 Å². The predicted molar refractivity (Wildman–Crippen MR) is 75.8 cm³/mol. The van der Waals surface area contributed by atoms with Crippen LogP contribution in [0.5, 0.6) is 5.75 Å². The number of hydrogen-bond donors (Lipinski definition) is 2. The first-order valence-electron chi connectivity index (χ1n) is 5.50. The number of aromatic hydroxyl groups is 1. The minimum absolute atomic E-state index is 0.154. The van der Waals surface area contributed by atoms with E-state index in [4.69, 9.17) is 5.11 Å². The van der Waals surface area contributed by atoms with Gasteiger partial charge in [0.1, 0.15) is 5.75 Å². The Morgan fingerprint density at radius 3 is 2.28 bits per heavy atom. The third-order valence-corrected chi connectivity index (χ3v) is 2.47. The number of hydrogen-bond acceptors (Lipinski definition) is 4. The summed E-state index contributed by atoms with van der Waals surface area (Å²) in [7, 11) is 1.50. The highest BCUT2D eigenvalue weighted by atomic mass is 32.2. The third-order valence-electron chi connectivity index (χ3n) is 1.82. The Labute approximate surface area is 111 Å². The molecule has 0 radical (unpaired) electrons. The van der Waals surface area contributed by atoms with Gasteiger partial charge in [0, 0.05) is 7.05 Å². The molecule has 0 aliphatic heterocycles. The molecule has 0 saturated carbocycles. The second kappa shape index (κ2) is 9.30. The molecule has 0 aliphatic carbocycles. The van der Waals surface area contributed by atoms with Gasteiger partial charge in [-0.15, -0.1) is 0 Å². The van der Waals surface area contributed by atoms with Gasteiger partial charge >= 0.3 is 0 Å². The molecule has 5 heteroatoms. The number of rotatable bonds is 4. The van der Waals surface area contributed by atoms with E-state index in [1.165, 1.54) is 19.2 Å². The van der Waals surface area contributed by atoms with Crippen molar-refractivity contribution in [3.8, 4) is 5.75 Å². The first-order chi connectivity index (χ1) is 8.67. The van der Waals surface area contributed by atoms with Gasteiger partial charge in [-0.25, -0.2) is 0 Å². The van der Waals surface area contributed by atoms with Crippen LogP contribution in [0.15, 0.2) is 29.2 Å². The Morgan fingerprint density at radius 2 is 1.83 bits per heavy atom. The van der Waals surface area contributed by atoms with Crippen LogP contribution in [0.1, 0.15) is 19.4 Å². The molecular formula is C13H17NO3S. The molecule has 4 nitrogen and oxygen atoms in total. The number of carbonyl (C=O) groups excluding carboxylic acids is 2. The highest BCUT2D eigenvalue weighted by molar-refractivity contribution is 8.16. The van der Waals surface area contributed by atoms with Crippen molar-refractivity contribution in [2.24, 2.45) is 0 Å². The molecule has 18 heavy (non-hydrogen) atoms. The standard InChI is InChI=1S/C11H11NO3S.C2H6/c1-12-11(15)10(16-7-13)6-8-2-4-9(14)5-3-8;1-2/h2-7,14H,1H3,(H,12,15);1-2H3/b10-6-;. The van der Waals surface area contributed by atoms with E-state index in [1.807, 2.05) is 13.8 Å². The molecule has 0 aliphatic rings. The quantitative estimate of drug-likeness (QED) is 0.649. The van der Waals surface area contributed by atoms with Crippen LogP contribution in [0.3, 0.4) is 0 Å². The van der Waals surface area contributed by atoms with Crippen molar-refractivity contribution in [2.45, 2.75) is 13.8 Å². The van der Waals surface area contributed by atoms with Gasteiger partial charge < -0.3 is 10.4 Å². The van der Waals surface area contributed by atoms with Crippen molar-refractivity contribution in [1.82, 2.24) is 5.32 Å². The van der Waals surface area contributed by atoms with E-state index in [-0.39, 0.29) is 11.7 Å². The molecule has 98 valence electrons. The van der Waals surface area contributed by atoms with Crippen LogP contribution in [-0.4, -0.2) is 23.7 Å². The smallest absolute Gasteiger partial charge is 0.257 e. The lowest BCUT2D eigenvalue weighted by molar-refractivity contribution is -0.116. The largest absolute Gasteiger partial charge is 0.508 e. The summed E-state index contributed by atoms with van der Waals surface area (Å²) in [6.45, 7) is 4.00. The number of likely N-dealkylation sites (N-methyl/N-ethyl adjacent to an activating group) is 1. The summed E-state index contributed by atoms with van der Waals surface area (Å²) in [5.74, 6) is -0.160. The molecule has 0 fully saturated rings. The molecule has 0 aromatic heterocycles. The number of phenols is 1. The van der Waals surface area contributed by atoms with Crippen LogP contribution in [0, 0.1) is 0 Å². The maximum absolute atomic E-state index is 11.4. The molecule has 1 rings (SSSR count). The van der Waals surface area contributed by atoms with Crippen molar-refractivity contribution >= 4 is 29.4 Å². The second-order valence-electron chi connectivity index (χ2n) is 2.89. The van der Waals surface area contributed by atoms with Gasteiger partial charge in [0.15, 0.2) is 5.62 Å². The van der Waals surface area contributed by atoms with E-state index >= 15 is 0 Å². The van der Waals surface area contributed by atoms with E-state index in [9.17, 15) is 9.59 Å². The lowest BCUT2D eigenvalue weighted by Gasteiger charge is -2.01. The van der Waals surface area contributed by atoms with Gasteiger partial charge in [-0.2, -0.15) is 0 Å². The molecule has 0 bridgehead atoms. The molecule has 2 N–H and O–H groups in total. The summed E-state index contributed by atoms with van der Waals surface area (Å²) >= 11 is 0.814. The summed E-state index contributed by atoms with van der Waals surface area (Å²) in [6, 6.07) is 6.34. The van der Waals surface area contributed by atoms with E-state index in [0.717, 1.165) is 17.3 Å². The molecule has 1 aromatic carbocycles. The number of nitrogens with one attached hydrogen (secondary N) is 1. The average molecular weight is 267 g/mol. The molecule has 0 saturated heterocycles. The number of amides is 1. The maximum atomic E-state index is 11.4. The van der Waals surface area contributed by atoms with E-state index < -0.39 is 0 Å². The molecule has 1 amide bonds. The fourth-order valence-electron chi connectivity index (χ4n) is 1.05. The second-order valence-corrected chi connectivity index (χ2v) is 3.76. The fraction of sp³-hybridized carbons (Fsp3) is 0.231. The SMILES string of the molecule is CC.CNC(=O)/C(=C/c1ccc(O)cc1)SC=O. The Morgan fingerprint density at radius 1 is 1.28 bits per heavy atom. The van der Waals surface area contributed by atoms with Crippen LogP contribution in [-0.2, 0) is 9.59 Å². The van der Waals surface area contributed by atoms with Crippen LogP contribution in [0.25, 0.3) is 6.08 Å². The number of phenolic OH excluding ortho intramolecular Hbond substituents is 1. The monoisotopic (exact) mass is 267 g/mol. The van der Waals surface area contributed by atoms with Gasteiger partial charge in [0.25, 0.3) is 5.91 Å². The van der Waals surface area contributed by atoms with Crippen LogP contribution in [0.4, 0.5) is 0 Å². The molecule has 0 unspecified atom stereocenters. The minimum atomic E-state index is -0.315. The number of benzene rings is 1. The first-order valence-corrected chi connectivity index (χ1v) is 6.38. The van der Waals surface area contributed by atoms with Crippen LogP contribution < -0.4 is 5.32 Å². The summed E-state index contributed by atoms with van der Waals surface area (Å²) in [4.78, 5) is 22.1. The highest BCUT2D eigenvalue weighted by Gasteiger charge is 2.07. The number of thioether (sulfide) groups is 1. The van der Waals surface area contributed by atoms with E-state index in [1.54, 1.807) is 18.2 Å². The third kappa shape index (κ3) is 5.54. The van der Waals surface area contributed by atoms with Gasteiger partial charge in [-0.3, -0.25) is 9.59 Å². The van der Waals surface area contributed by atoms with Crippen molar-refractivity contribution in [3.05, 3.63) is 34.7 Å². The lowest BCUT2D eigenvalue weighted by atomic mass is 10.2. The van der Waals surface area contributed by atoms with Crippen molar-refractivity contribution in [1.29, 1.82) is 0 Å². The first kappa shape index (κ1) is 16.2. The van der Waals surface area contributed by atoms with Crippen molar-refractivity contribution < 1.29 is 14.7 Å². The number of carbonyl (C=O) groups is 2. The minimum Gasteiger partial charge on any atom is -0.508 e. The predicted octanol–water partition coefficient (Wildman–Crippen LogP) is 2.43. The van der Waals surface area contributed by atoms with E-state index in [2.05, 4.69) is 5.32 Å². The Bertz CT molecular complexity index is 413.